The highest BCUT2D eigenvalue weighted by molar-refractivity contribution is 5.74. The van der Waals surface area contributed by atoms with Crippen LogP contribution in [0.1, 0.15) is 63.5 Å². The monoisotopic (exact) mass is 702 g/mol. The molecule has 50 heavy (non-hydrogen) atoms. The minimum absolute atomic E-state index is 0.242. The zero-order valence-electron chi connectivity index (χ0n) is 30.4. The van der Waals surface area contributed by atoms with Crippen LogP contribution in [0.4, 0.5) is 9.59 Å². The number of rotatable bonds is 31. The Balaban J connectivity index is 1.26. The van der Waals surface area contributed by atoms with E-state index in [0.29, 0.717) is 92.2 Å². The first-order valence-electron chi connectivity index (χ1n) is 18.4. The molecular formula is C38H62N4O8. The second-order valence-electron chi connectivity index (χ2n) is 11.7. The lowest BCUT2D eigenvalue weighted by Crippen LogP contribution is -2.39. The van der Waals surface area contributed by atoms with Crippen molar-refractivity contribution in [1.29, 1.82) is 0 Å². The third-order valence-corrected chi connectivity index (χ3v) is 7.46. The van der Waals surface area contributed by atoms with E-state index >= 15 is 0 Å². The number of amides is 4. The number of aryl methyl sites for hydroxylation is 2. The van der Waals surface area contributed by atoms with E-state index in [0.717, 1.165) is 37.2 Å². The molecule has 0 fully saturated rings. The van der Waals surface area contributed by atoms with E-state index in [1.165, 1.54) is 36.8 Å². The number of nitrogens with one attached hydrogen (secondary N) is 4. The normalized spacial score (nSPS) is 10.8. The van der Waals surface area contributed by atoms with Crippen LogP contribution in [0.15, 0.2) is 48.5 Å². The van der Waals surface area contributed by atoms with Gasteiger partial charge in [-0.15, -0.1) is 0 Å². The van der Waals surface area contributed by atoms with Gasteiger partial charge in [0.25, 0.3) is 0 Å². The van der Waals surface area contributed by atoms with Crippen molar-refractivity contribution in [3.05, 3.63) is 59.7 Å². The van der Waals surface area contributed by atoms with Crippen molar-refractivity contribution in [2.45, 2.75) is 65.2 Å². The van der Waals surface area contributed by atoms with E-state index < -0.39 is 0 Å². The minimum Gasteiger partial charge on any atom is -0.491 e. The molecule has 2 rings (SSSR count). The molecule has 0 radical (unpaired) electrons. The predicted octanol–water partition coefficient (Wildman–Crippen LogP) is 5.27. The molecule has 2 aromatic carbocycles. The van der Waals surface area contributed by atoms with Crippen molar-refractivity contribution >= 4 is 12.1 Å². The van der Waals surface area contributed by atoms with Crippen LogP contribution in [-0.2, 0) is 31.8 Å². The van der Waals surface area contributed by atoms with E-state index in [2.05, 4.69) is 59.4 Å². The Morgan fingerprint density at radius 2 is 0.780 bits per heavy atom. The molecule has 12 heteroatoms. The number of hydrogen-bond acceptors (Lipinski definition) is 8. The molecule has 4 amide bonds. The van der Waals surface area contributed by atoms with Gasteiger partial charge in [0.05, 0.1) is 52.9 Å². The molecule has 0 atom stereocenters. The fraction of sp³-hybridized carbons (Fsp3) is 0.632. The Morgan fingerprint density at radius 1 is 0.440 bits per heavy atom. The molecule has 0 bridgehead atoms. The van der Waals surface area contributed by atoms with E-state index in [1.807, 2.05) is 24.3 Å². The number of urea groups is 2. The summed E-state index contributed by atoms with van der Waals surface area (Å²) in [5, 5.41) is 11.1. The smallest absolute Gasteiger partial charge is 0.314 e. The van der Waals surface area contributed by atoms with Gasteiger partial charge in [0, 0.05) is 26.2 Å². The first kappa shape index (κ1) is 42.6. The maximum absolute atomic E-state index is 11.9. The van der Waals surface area contributed by atoms with Crippen LogP contribution in [0.2, 0.25) is 0 Å². The summed E-state index contributed by atoms with van der Waals surface area (Å²) >= 11 is 0. The van der Waals surface area contributed by atoms with Gasteiger partial charge in [0.2, 0.25) is 0 Å². The highest BCUT2D eigenvalue weighted by Crippen LogP contribution is 2.15. The summed E-state index contributed by atoms with van der Waals surface area (Å²) in [7, 11) is 0. The average molecular weight is 703 g/mol. The lowest BCUT2D eigenvalue weighted by molar-refractivity contribution is 0.0377. The Hall–Kier alpha value is -3.58. The van der Waals surface area contributed by atoms with Crippen molar-refractivity contribution in [1.82, 2.24) is 21.3 Å². The zero-order chi connectivity index (χ0) is 35.7. The van der Waals surface area contributed by atoms with E-state index in [-0.39, 0.29) is 12.1 Å². The van der Waals surface area contributed by atoms with Crippen LogP contribution in [0.25, 0.3) is 0 Å². The van der Waals surface area contributed by atoms with Crippen LogP contribution in [0.3, 0.4) is 0 Å². The molecule has 4 N–H and O–H groups in total. The molecule has 0 heterocycles. The average Bonchev–Trinajstić information content (AvgIpc) is 3.13. The van der Waals surface area contributed by atoms with E-state index in [1.54, 1.807) is 0 Å². The van der Waals surface area contributed by atoms with Crippen LogP contribution < -0.4 is 30.7 Å². The fourth-order valence-electron chi connectivity index (χ4n) is 4.60. The molecule has 0 spiro atoms. The SMILES string of the molecule is CCCCc1ccc(OCCOCCOCCNC(=O)NCCCCNC(=O)NCCOCCOCCOc2ccc(CCCC)cc2)cc1. The summed E-state index contributed by atoms with van der Waals surface area (Å²) in [6, 6.07) is 16.0. The largest absolute Gasteiger partial charge is 0.491 e. The van der Waals surface area contributed by atoms with Crippen LogP contribution in [-0.4, -0.2) is 104 Å². The highest BCUT2D eigenvalue weighted by atomic mass is 16.5. The zero-order valence-corrected chi connectivity index (χ0v) is 30.4. The van der Waals surface area contributed by atoms with Gasteiger partial charge >= 0.3 is 12.1 Å². The number of ether oxygens (including phenoxy) is 6. The first-order valence-corrected chi connectivity index (χ1v) is 18.4. The van der Waals surface area contributed by atoms with Crippen molar-refractivity contribution in [3.8, 4) is 11.5 Å². The predicted molar refractivity (Wildman–Crippen MR) is 196 cm³/mol. The van der Waals surface area contributed by atoms with Crippen LogP contribution in [0, 0.1) is 0 Å². The molecular weight excluding hydrogens is 640 g/mol. The summed E-state index contributed by atoms with van der Waals surface area (Å²) in [5.74, 6) is 1.70. The number of carbonyl (C=O) groups excluding carboxylic acids is 2. The quantitative estimate of drug-likeness (QED) is 0.0780. The molecule has 0 aromatic heterocycles. The number of carbonyl (C=O) groups is 2. The lowest BCUT2D eigenvalue weighted by Gasteiger charge is -2.10. The summed E-state index contributed by atoms with van der Waals surface area (Å²) in [6.45, 7) is 10.8. The van der Waals surface area contributed by atoms with E-state index in [4.69, 9.17) is 28.4 Å². The molecule has 0 saturated carbocycles. The first-order chi connectivity index (χ1) is 24.6. The summed E-state index contributed by atoms with van der Waals surface area (Å²) < 4.78 is 33.4. The summed E-state index contributed by atoms with van der Waals surface area (Å²) in [5.41, 5.74) is 2.67. The van der Waals surface area contributed by atoms with Gasteiger partial charge in [-0.2, -0.15) is 0 Å². The van der Waals surface area contributed by atoms with Gasteiger partial charge in [-0.25, -0.2) is 9.59 Å². The lowest BCUT2D eigenvalue weighted by atomic mass is 10.1. The third-order valence-electron chi connectivity index (χ3n) is 7.46. The Bertz CT molecular complexity index is 1020. The molecule has 0 aliphatic rings. The number of hydrogen-bond donors (Lipinski definition) is 4. The molecule has 0 saturated heterocycles. The van der Waals surface area contributed by atoms with Gasteiger partial charge in [0.1, 0.15) is 24.7 Å². The minimum atomic E-state index is -0.242. The van der Waals surface area contributed by atoms with E-state index in [9.17, 15) is 9.59 Å². The van der Waals surface area contributed by atoms with Gasteiger partial charge in [-0.3, -0.25) is 0 Å². The van der Waals surface area contributed by atoms with Crippen LogP contribution in [0.5, 0.6) is 11.5 Å². The fourth-order valence-corrected chi connectivity index (χ4v) is 4.60. The molecule has 0 aliphatic carbocycles. The van der Waals surface area contributed by atoms with Crippen molar-refractivity contribution in [3.63, 3.8) is 0 Å². The van der Waals surface area contributed by atoms with Gasteiger partial charge in [-0.05, 0) is 73.9 Å². The second-order valence-corrected chi connectivity index (χ2v) is 11.7. The molecule has 12 nitrogen and oxygen atoms in total. The Morgan fingerprint density at radius 3 is 1.16 bits per heavy atom. The number of unbranched alkanes of at least 4 members (excludes halogenated alkanes) is 3. The number of benzene rings is 2. The van der Waals surface area contributed by atoms with Gasteiger partial charge < -0.3 is 49.7 Å². The summed E-state index contributed by atoms with van der Waals surface area (Å²) in [6.07, 6.45) is 8.48. The third kappa shape index (κ3) is 23.7. The molecule has 2 aromatic rings. The van der Waals surface area contributed by atoms with Gasteiger partial charge in [-0.1, -0.05) is 51.0 Å². The summed E-state index contributed by atoms with van der Waals surface area (Å²) in [4.78, 5) is 23.8. The Labute approximate surface area is 299 Å². The molecule has 0 unspecified atom stereocenters. The van der Waals surface area contributed by atoms with Crippen molar-refractivity contribution < 1.29 is 38.0 Å². The highest BCUT2D eigenvalue weighted by Gasteiger charge is 2.02. The standard InChI is InChI=1S/C38H62N4O8/c1-3-5-9-33-11-15-35(16-12-33)49-31-29-47-27-25-45-23-21-41-37(43)39-19-7-8-20-40-38(44)42-22-24-46-26-28-48-30-32-50-36-17-13-34(14-18-36)10-6-4-2/h11-18H,3-10,19-32H2,1-2H3,(H2,39,41,43)(H2,40,42,44). The topological polar surface area (TPSA) is 138 Å². The van der Waals surface area contributed by atoms with Crippen LogP contribution >= 0.6 is 0 Å². The maximum Gasteiger partial charge on any atom is 0.314 e. The van der Waals surface area contributed by atoms with Gasteiger partial charge in [0.15, 0.2) is 0 Å². The van der Waals surface area contributed by atoms with Crippen molar-refractivity contribution in [2.24, 2.45) is 0 Å². The Kier molecular flexibility index (Phi) is 25.8. The second kappa shape index (κ2) is 30.3. The van der Waals surface area contributed by atoms with Crippen molar-refractivity contribution in [2.75, 3.05) is 92.2 Å². The molecule has 282 valence electrons. The maximum atomic E-state index is 11.9. The molecule has 0 aliphatic heterocycles.